The van der Waals surface area contributed by atoms with Crippen LogP contribution < -0.4 is 42.6 Å². The Bertz CT molecular complexity index is 1650. The molecule has 1 aliphatic rings. The zero-order valence-electron chi connectivity index (χ0n) is 25.0. The summed E-state index contributed by atoms with van der Waals surface area (Å²) in [5.74, 6) is 4.38. The third-order valence-corrected chi connectivity index (χ3v) is 7.57. The number of hydrogen-bond acceptors (Lipinski definition) is 7. The minimum Gasteiger partial charge on any atom is -0.493 e. The number of aromatic nitrogens is 2. The topological polar surface area (TPSA) is 139 Å². The van der Waals surface area contributed by atoms with Crippen LogP contribution in [-0.2, 0) is 24.3 Å². The van der Waals surface area contributed by atoms with Crippen LogP contribution in [-0.4, -0.2) is 42.4 Å². The number of fused-ring (bicyclic) bond motifs is 3. The van der Waals surface area contributed by atoms with Crippen LogP contribution >= 0.6 is 11.6 Å². The third-order valence-electron chi connectivity index (χ3n) is 7.19. The van der Waals surface area contributed by atoms with E-state index in [1.54, 1.807) is 23.3 Å². The number of nitrogens with one attached hydrogen (secondary N) is 3. The first-order valence-electron chi connectivity index (χ1n) is 13.8. The van der Waals surface area contributed by atoms with E-state index in [-0.39, 0.29) is 29.6 Å². The molecule has 1 amide bonds. The fourth-order valence-electron chi connectivity index (χ4n) is 5.29. The molecule has 6 N–H and O–H groups in total. The number of aryl methyl sites for hydroxylation is 4. The van der Waals surface area contributed by atoms with Crippen molar-refractivity contribution < 1.29 is 20.1 Å². The highest BCUT2D eigenvalue weighted by Gasteiger charge is 2.23. The van der Waals surface area contributed by atoms with Crippen LogP contribution in [0.15, 0.2) is 51.0 Å². The van der Waals surface area contributed by atoms with Crippen molar-refractivity contribution in [2.75, 3.05) is 27.3 Å². The second-order valence-electron chi connectivity index (χ2n) is 10.0. The molecule has 0 spiro atoms. The van der Waals surface area contributed by atoms with E-state index in [0.717, 1.165) is 39.2 Å². The highest BCUT2D eigenvalue weighted by atomic mass is 35.5. The number of halogens is 1. The van der Waals surface area contributed by atoms with Crippen molar-refractivity contribution in [3.63, 3.8) is 0 Å². The molecule has 0 unspecified atom stereocenters. The van der Waals surface area contributed by atoms with Gasteiger partial charge in [0.1, 0.15) is 10.6 Å². The fourth-order valence-corrected chi connectivity index (χ4v) is 5.44. The van der Waals surface area contributed by atoms with E-state index in [4.69, 9.17) is 26.1 Å². The fraction of sp³-hybridized carbons (Fsp3) is 0.367. The molecule has 224 valence electrons. The summed E-state index contributed by atoms with van der Waals surface area (Å²) in [5.41, 5.74) is 9.58. The van der Waals surface area contributed by atoms with Crippen molar-refractivity contribution in [2.45, 2.75) is 47.2 Å². The molecule has 0 saturated carbocycles. The highest BCUT2D eigenvalue weighted by molar-refractivity contribution is 6.31. The number of carbonyl (C=O) groups is 1. The van der Waals surface area contributed by atoms with E-state index in [1.165, 1.54) is 0 Å². The second-order valence-corrected chi connectivity index (χ2v) is 10.4. The summed E-state index contributed by atoms with van der Waals surface area (Å²) in [7, 11) is 3.20. The minimum atomic E-state index is -0.446. The number of rotatable bonds is 10. The average Bonchev–Trinajstić information content (AvgIpc) is 2.96. The largest absolute Gasteiger partial charge is 0.493 e. The lowest BCUT2D eigenvalue weighted by Crippen LogP contribution is -2.66. The zero-order chi connectivity index (χ0) is 30.6. The van der Waals surface area contributed by atoms with Gasteiger partial charge in [-0.25, -0.2) is 15.2 Å². The van der Waals surface area contributed by atoms with E-state index in [2.05, 4.69) is 34.0 Å². The van der Waals surface area contributed by atoms with Gasteiger partial charge in [0.25, 0.3) is 5.91 Å². The van der Waals surface area contributed by atoms with Crippen LogP contribution in [0.25, 0.3) is 11.3 Å². The number of carbonyl (C=O) groups excluding carboxylic acids is 1. The molecule has 11 nitrogen and oxygen atoms in total. The van der Waals surface area contributed by atoms with Gasteiger partial charge in [-0.05, 0) is 62.9 Å². The Morgan fingerprint density at radius 1 is 1.12 bits per heavy atom. The molecule has 0 bridgehead atoms. The molecule has 4 rings (SSSR count). The van der Waals surface area contributed by atoms with E-state index in [1.807, 2.05) is 45.9 Å². The maximum absolute atomic E-state index is 14.0. The average molecular weight is 597 g/mol. The van der Waals surface area contributed by atoms with Gasteiger partial charge in [-0.2, -0.15) is 0 Å². The summed E-state index contributed by atoms with van der Waals surface area (Å²) in [6.07, 6.45) is 0.654. The van der Waals surface area contributed by atoms with Gasteiger partial charge in [0.05, 0.1) is 25.1 Å². The maximum atomic E-state index is 14.0. The van der Waals surface area contributed by atoms with Gasteiger partial charge in [-0.3, -0.25) is 19.8 Å². The van der Waals surface area contributed by atoms with Crippen LogP contribution in [0.4, 0.5) is 5.69 Å². The summed E-state index contributed by atoms with van der Waals surface area (Å²) in [5, 5.41) is 5.66. The SMILES string of the molecule is CCOc1cc2c(cc1OC)-c1cc(=Nc3c(C)cc(C)cc3C)n(CCNC(=O)C(N[NH3+])=C(Cl)NC)c(=O)n1CC2. The van der Waals surface area contributed by atoms with Crippen LogP contribution in [0.5, 0.6) is 11.5 Å². The number of ether oxygens (including phenoxy) is 2. The van der Waals surface area contributed by atoms with Crippen molar-refractivity contribution in [3.05, 3.63) is 79.4 Å². The molecule has 0 radical (unpaired) electrons. The molecule has 0 aliphatic carbocycles. The van der Waals surface area contributed by atoms with Gasteiger partial charge in [-0.15, -0.1) is 0 Å². The van der Waals surface area contributed by atoms with E-state index < -0.39 is 5.91 Å². The Kier molecular flexibility index (Phi) is 9.64. The van der Waals surface area contributed by atoms with Crippen molar-refractivity contribution in [2.24, 2.45) is 4.99 Å². The number of nitrogens with zero attached hydrogens (tertiary/aromatic N) is 3. The molecular formula is C30H39ClN7O4+. The first-order valence-corrected chi connectivity index (χ1v) is 14.2. The molecular weight excluding hydrogens is 558 g/mol. The molecule has 0 atom stereocenters. The first kappa shape index (κ1) is 30.7. The quantitative estimate of drug-likeness (QED) is 0.160. The van der Waals surface area contributed by atoms with Crippen molar-refractivity contribution in [3.8, 4) is 22.8 Å². The molecule has 12 heteroatoms. The number of methoxy groups -OCH3 is 1. The van der Waals surface area contributed by atoms with E-state index in [9.17, 15) is 9.59 Å². The number of amides is 1. The monoisotopic (exact) mass is 596 g/mol. The van der Waals surface area contributed by atoms with Crippen LogP contribution in [0.1, 0.15) is 29.2 Å². The normalized spacial score (nSPS) is 13.1. The van der Waals surface area contributed by atoms with E-state index in [0.29, 0.717) is 36.6 Å². The van der Waals surface area contributed by atoms with Crippen LogP contribution in [0, 0.1) is 20.8 Å². The number of hydrogen-bond donors (Lipinski definition) is 4. The molecule has 2 heterocycles. The summed E-state index contributed by atoms with van der Waals surface area (Å²) in [6.45, 7) is 9.35. The van der Waals surface area contributed by atoms with Crippen molar-refractivity contribution >= 4 is 23.2 Å². The van der Waals surface area contributed by atoms with Gasteiger partial charge in [0.15, 0.2) is 17.2 Å². The summed E-state index contributed by atoms with van der Waals surface area (Å²) < 4.78 is 14.8. The van der Waals surface area contributed by atoms with Gasteiger partial charge < -0.3 is 20.1 Å². The molecule has 1 aliphatic heterocycles. The molecule has 2 aromatic carbocycles. The first-order chi connectivity index (χ1) is 20.1. The smallest absolute Gasteiger partial charge is 0.330 e. The maximum Gasteiger partial charge on any atom is 0.330 e. The molecule has 3 aromatic rings. The minimum absolute atomic E-state index is 0.0964. The highest BCUT2D eigenvalue weighted by Crippen LogP contribution is 2.37. The van der Waals surface area contributed by atoms with Gasteiger partial charge in [-0.1, -0.05) is 29.3 Å². The van der Waals surface area contributed by atoms with Crippen LogP contribution in [0.2, 0.25) is 0 Å². The zero-order valence-corrected chi connectivity index (χ0v) is 25.7. The predicted octanol–water partition coefficient (Wildman–Crippen LogP) is 1.93. The summed E-state index contributed by atoms with van der Waals surface area (Å²) >= 11 is 6.09. The Morgan fingerprint density at radius 2 is 1.83 bits per heavy atom. The van der Waals surface area contributed by atoms with E-state index >= 15 is 0 Å². The summed E-state index contributed by atoms with van der Waals surface area (Å²) in [4.78, 5) is 31.8. The standard InChI is InChI=1S/C30H38ClN7O4/c1-7-42-24-14-20-8-10-37-22(21(20)15-23(24)41-6)16-25(35-26-18(3)12-17(2)13-19(26)4)38(30(37)40)11-9-34-29(39)27(36-32)28(31)33-5/h12-16,33,36H,7-11,32H2,1-6H3,(H,34,39)/p+1. The lowest BCUT2D eigenvalue weighted by molar-refractivity contribution is -0.431. The Balaban J connectivity index is 1.86. The number of benzene rings is 2. The molecule has 0 fully saturated rings. The molecule has 0 saturated heterocycles. The Hall–Kier alpha value is -4.22. The third kappa shape index (κ3) is 6.17. The predicted molar refractivity (Wildman–Crippen MR) is 162 cm³/mol. The van der Waals surface area contributed by atoms with Crippen molar-refractivity contribution in [1.29, 1.82) is 0 Å². The summed E-state index contributed by atoms with van der Waals surface area (Å²) in [6, 6.07) is 9.99. The molecule has 1 aromatic heterocycles. The Labute approximate surface area is 250 Å². The van der Waals surface area contributed by atoms with Gasteiger partial charge in [0, 0.05) is 38.3 Å². The molecule has 42 heavy (non-hydrogen) atoms. The van der Waals surface area contributed by atoms with Gasteiger partial charge in [0.2, 0.25) is 0 Å². The lowest BCUT2D eigenvalue weighted by atomic mass is 9.97. The Morgan fingerprint density at radius 3 is 2.45 bits per heavy atom. The second kappa shape index (κ2) is 13.2. The lowest BCUT2D eigenvalue weighted by Gasteiger charge is -2.25. The van der Waals surface area contributed by atoms with Crippen LogP contribution in [0.3, 0.4) is 0 Å². The van der Waals surface area contributed by atoms with Gasteiger partial charge >= 0.3 is 5.69 Å². The van der Waals surface area contributed by atoms with Crippen molar-refractivity contribution in [1.82, 2.24) is 25.2 Å². The number of quaternary nitrogens is 1.